The number of H-pyrrole nitrogens is 1. The summed E-state index contributed by atoms with van der Waals surface area (Å²) in [5, 5.41) is 3.28. The number of fused-ring (bicyclic) bond motifs is 1. The van der Waals surface area contributed by atoms with Crippen molar-refractivity contribution >= 4 is 36.7 Å². The van der Waals surface area contributed by atoms with Gasteiger partial charge < -0.3 is 10.3 Å². The lowest BCUT2D eigenvalue weighted by atomic mass is 9.92. The van der Waals surface area contributed by atoms with E-state index in [4.69, 9.17) is 0 Å². The number of rotatable bonds is 1. The van der Waals surface area contributed by atoms with Crippen LogP contribution in [0.3, 0.4) is 0 Å². The highest BCUT2D eigenvalue weighted by atomic mass is 35.5. The van der Waals surface area contributed by atoms with Crippen LogP contribution in [-0.2, 0) is 0 Å². The standard InChI is InChI=1S/C12H13N3O.2ClH/c16-11-2-1-10-12(15-11)9(7-14-10)8-3-5-13-6-4-8;;/h1-3,7,9,13H,4-6H2,(H,15,16);2*1H. The van der Waals surface area contributed by atoms with E-state index < -0.39 is 0 Å². The third-order valence-corrected chi connectivity index (χ3v) is 3.10. The predicted octanol–water partition coefficient (Wildman–Crippen LogP) is 1.94. The minimum atomic E-state index is -0.0521. The highest BCUT2D eigenvalue weighted by molar-refractivity contribution is 5.85. The molecule has 1 aromatic rings. The van der Waals surface area contributed by atoms with Crippen LogP contribution in [-0.4, -0.2) is 24.3 Å². The van der Waals surface area contributed by atoms with Crippen molar-refractivity contribution < 1.29 is 0 Å². The van der Waals surface area contributed by atoms with Crippen LogP contribution >= 0.6 is 24.8 Å². The molecule has 0 aliphatic carbocycles. The van der Waals surface area contributed by atoms with Gasteiger partial charge in [-0.05, 0) is 19.0 Å². The molecular formula is C12H15Cl2N3O. The SMILES string of the molecule is Cl.Cl.O=c1ccc2c([nH]1)C(C1=CCNCC1)C=N2. The fourth-order valence-corrected chi connectivity index (χ4v) is 2.27. The maximum atomic E-state index is 11.3. The molecule has 0 spiro atoms. The largest absolute Gasteiger partial charge is 0.323 e. The Morgan fingerprint density at radius 3 is 2.83 bits per heavy atom. The highest BCUT2D eigenvalue weighted by Gasteiger charge is 2.23. The third kappa shape index (κ3) is 2.66. The van der Waals surface area contributed by atoms with Gasteiger partial charge in [-0.2, -0.15) is 0 Å². The number of aromatic nitrogens is 1. The molecule has 4 nitrogen and oxygen atoms in total. The van der Waals surface area contributed by atoms with Gasteiger partial charge in [-0.25, -0.2) is 0 Å². The lowest BCUT2D eigenvalue weighted by Crippen LogP contribution is -2.23. The quantitative estimate of drug-likeness (QED) is 0.776. The minimum absolute atomic E-state index is 0. The number of aromatic amines is 1. The normalized spacial score (nSPS) is 20.4. The lowest BCUT2D eigenvalue weighted by Gasteiger charge is -2.18. The van der Waals surface area contributed by atoms with E-state index in [-0.39, 0.29) is 36.3 Å². The van der Waals surface area contributed by atoms with Crippen molar-refractivity contribution in [3.63, 3.8) is 0 Å². The van der Waals surface area contributed by atoms with Gasteiger partial charge in [0, 0.05) is 18.8 Å². The van der Waals surface area contributed by atoms with Crippen molar-refractivity contribution in [3.8, 4) is 0 Å². The fraction of sp³-hybridized carbons (Fsp3) is 0.333. The maximum Gasteiger partial charge on any atom is 0.248 e. The number of hydrogen-bond acceptors (Lipinski definition) is 3. The molecule has 3 heterocycles. The Hall–Kier alpha value is -1.10. The van der Waals surface area contributed by atoms with E-state index >= 15 is 0 Å². The van der Waals surface area contributed by atoms with Crippen LogP contribution in [0, 0.1) is 0 Å². The minimum Gasteiger partial charge on any atom is -0.323 e. The Labute approximate surface area is 117 Å². The summed E-state index contributed by atoms with van der Waals surface area (Å²) in [7, 11) is 0. The zero-order valence-corrected chi connectivity index (χ0v) is 11.3. The van der Waals surface area contributed by atoms with Crippen LogP contribution in [0.1, 0.15) is 18.0 Å². The summed E-state index contributed by atoms with van der Waals surface area (Å²) in [4.78, 5) is 18.5. The highest BCUT2D eigenvalue weighted by Crippen LogP contribution is 2.35. The molecule has 2 aliphatic rings. The predicted molar refractivity (Wildman–Crippen MR) is 78.0 cm³/mol. The van der Waals surface area contributed by atoms with Crippen molar-refractivity contribution in [2.75, 3.05) is 13.1 Å². The van der Waals surface area contributed by atoms with Crippen molar-refractivity contribution in [3.05, 3.63) is 39.8 Å². The zero-order valence-electron chi connectivity index (χ0n) is 9.68. The summed E-state index contributed by atoms with van der Waals surface area (Å²) in [6.45, 7) is 1.91. The smallest absolute Gasteiger partial charge is 0.248 e. The molecule has 1 unspecified atom stereocenters. The molecule has 0 amide bonds. The van der Waals surface area contributed by atoms with Crippen molar-refractivity contribution in [2.24, 2.45) is 4.99 Å². The summed E-state index contributed by atoms with van der Waals surface area (Å²) < 4.78 is 0. The molecule has 0 radical (unpaired) electrons. The van der Waals surface area contributed by atoms with E-state index in [0.29, 0.717) is 0 Å². The van der Waals surface area contributed by atoms with E-state index in [1.165, 1.54) is 11.6 Å². The third-order valence-electron chi connectivity index (χ3n) is 3.10. The van der Waals surface area contributed by atoms with Gasteiger partial charge in [-0.15, -0.1) is 24.8 Å². The summed E-state index contributed by atoms with van der Waals surface area (Å²) in [5.41, 5.74) is 3.14. The molecule has 18 heavy (non-hydrogen) atoms. The molecule has 0 fully saturated rings. The summed E-state index contributed by atoms with van der Waals surface area (Å²) in [5.74, 6) is 0.172. The molecule has 1 atom stereocenters. The second-order valence-corrected chi connectivity index (χ2v) is 4.11. The number of nitrogens with zero attached hydrogens (tertiary/aromatic N) is 1. The van der Waals surface area contributed by atoms with Crippen LogP contribution in [0.15, 0.2) is 33.6 Å². The molecule has 0 saturated carbocycles. The summed E-state index contributed by atoms with van der Waals surface area (Å²) in [6.07, 6.45) is 5.14. The average Bonchev–Trinajstić information content (AvgIpc) is 2.73. The lowest BCUT2D eigenvalue weighted by molar-refractivity contribution is 0.683. The summed E-state index contributed by atoms with van der Waals surface area (Å²) >= 11 is 0. The average molecular weight is 288 g/mol. The van der Waals surface area contributed by atoms with E-state index in [1.54, 1.807) is 6.07 Å². The number of pyridine rings is 1. The van der Waals surface area contributed by atoms with Crippen molar-refractivity contribution in [2.45, 2.75) is 12.3 Å². The van der Waals surface area contributed by atoms with Crippen LogP contribution in [0.5, 0.6) is 0 Å². The number of hydrogen-bond donors (Lipinski definition) is 2. The monoisotopic (exact) mass is 287 g/mol. The van der Waals surface area contributed by atoms with Gasteiger partial charge in [0.15, 0.2) is 0 Å². The van der Waals surface area contributed by atoms with Gasteiger partial charge in [0.1, 0.15) is 0 Å². The van der Waals surface area contributed by atoms with Crippen LogP contribution in [0.25, 0.3) is 0 Å². The Morgan fingerprint density at radius 1 is 1.28 bits per heavy atom. The molecule has 6 heteroatoms. The Morgan fingerprint density at radius 2 is 2.11 bits per heavy atom. The second-order valence-electron chi connectivity index (χ2n) is 4.11. The van der Waals surface area contributed by atoms with Crippen molar-refractivity contribution in [1.82, 2.24) is 10.3 Å². The first kappa shape index (κ1) is 15.0. The molecule has 2 N–H and O–H groups in total. The van der Waals surface area contributed by atoms with E-state index in [0.717, 1.165) is 30.9 Å². The fourth-order valence-electron chi connectivity index (χ4n) is 2.27. The van der Waals surface area contributed by atoms with Crippen LogP contribution in [0.4, 0.5) is 5.69 Å². The molecule has 98 valence electrons. The molecule has 0 saturated heterocycles. The maximum absolute atomic E-state index is 11.3. The molecule has 2 aliphatic heterocycles. The first-order chi connectivity index (χ1) is 7.84. The van der Waals surface area contributed by atoms with Gasteiger partial charge in [0.25, 0.3) is 0 Å². The molecule has 3 rings (SSSR count). The Bertz CT molecular complexity index is 536. The molecular weight excluding hydrogens is 273 g/mol. The van der Waals surface area contributed by atoms with Crippen molar-refractivity contribution in [1.29, 1.82) is 0 Å². The molecule has 0 aromatic carbocycles. The van der Waals surface area contributed by atoms with Gasteiger partial charge in [-0.1, -0.05) is 11.6 Å². The summed E-state index contributed by atoms with van der Waals surface area (Å²) in [6, 6.07) is 3.31. The molecule has 0 bridgehead atoms. The van der Waals surface area contributed by atoms with E-state index in [1.807, 2.05) is 6.21 Å². The Kier molecular flexibility index (Phi) is 5.14. The van der Waals surface area contributed by atoms with Gasteiger partial charge in [-0.3, -0.25) is 9.79 Å². The van der Waals surface area contributed by atoms with Gasteiger partial charge in [0.2, 0.25) is 5.56 Å². The zero-order chi connectivity index (χ0) is 11.0. The van der Waals surface area contributed by atoms with Gasteiger partial charge in [0.05, 0.1) is 17.3 Å². The Balaban J connectivity index is 0.000000810. The number of halogens is 2. The topological polar surface area (TPSA) is 57.2 Å². The van der Waals surface area contributed by atoms with E-state index in [2.05, 4.69) is 21.4 Å². The number of nitrogens with one attached hydrogen (secondary N) is 2. The van der Waals surface area contributed by atoms with Gasteiger partial charge >= 0.3 is 0 Å². The molecule has 1 aromatic heterocycles. The number of aliphatic imine (C=N–C) groups is 1. The second kappa shape index (κ2) is 6.18. The van der Waals surface area contributed by atoms with E-state index in [9.17, 15) is 4.79 Å². The van der Waals surface area contributed by atoms with Crippen LogP contribution < -0.4 is 10.9 Å². The first-order valence-corrected chi connectivity index (χ1v) is 5.51. The van der Waals surface area contributed by atoms with Crippen LogP contribution in [0.2, 0.25) is 0 Å². The first-order valence-electron chi connectivity index (χ1n) is 5.51.